The van der Waals surface area contributed by atoms with Crippen LogP contribution >= 0.6 is 11.6 Å². The Labute approximate surface area is 236 Å². The van der Waals surface area contributed by atoms with Crippen molar-refractivity contribution in [2.24, 2.45) is 0 Å². The van der Waals surface area contributed by atoms with Crippen LogP contribution in [0.1, 0.15) is 43.9 Å². The Balaban J connectivity index is 1.57. The van der Waals surface area contributed by atoms with Gasteiger partial charge in [0, 0.05) is 60.7 Å². The van der Waals surface area contributed by atoms with Crippen molar-refractivity contribution >= 4 is 17.9 Å². The van der Waals surface area contributed by atoms with Gasteiger partial charge in [0.05, 0.1) is 6.61 Å². The maximum atomic E-state index is 14.1. The molecule has 0 radical (unpaired) electrons. The van der Waals surface area contributed by atoms with E-state index in [2.05, 4.69) is 16.4 Å². The van der Waals surface area contributed by atoms with Crippen LogP contribution in [0, 0.1) is 5.82 Å². The van der Waals surface area contributed by atoms with Crippen LogP contribution in [0.4, 0.5) is 4.39 Å². The van der Waals surface area contributed by atoms with Crippen molar-refractivity contribution in [1.29, 1.82) is 0 Å². The highest BCUT2D eigenvalue weighted by Crippen LogP contribution is 2.28. The summed E-state index contributed by atoms with van der Waals surface area (Å²) in [5.41, 5.74) is 4.15. The summed E-state index contributed by atoms with van der Waals surface area (Å²) < 4.78 is 25.2. The molecule has 0 saturated carbocycles. The minimum atomic E-state index is -0.385. The lowest BCUT2D eigenvalue weighted by molar-refractivity contribution is -0.104. The summed E-state index contributed by atoms with van der Waals surface area (Å²) in [7, 11) is 1.70. The van der Waals surface area contributed by atoms with Crippen LogP contribution in [0.25, 0.3) is 0 Å². The lowest BCUT2D eigenvalue weighted by Crippen LogP contribution is -2.40. The Kier molecular flexibility index (Phi) is 12.2. The van der Waals surface area contributed by atoms with Crippen molar-refractivity contribution in [2.75, 3.05) is 46.4 Å². The van der Waals surface area contributed by atoms with E-state index in [-0.39, 0.29) is 12.4 Å². The number of carbonyl (C=O) groups excluding carboxylic acids is 1. The normalized spacial score (nSPS) is 15.6. The van der Waals surface area contributed by atoms with Gasteiger partial charge in [-0.3, -0.25) is 4.79 Å². The Hall–Kier alpha value is -3.00. The molecule has 0 bridgehead atoms. The number of piperidine rings is 1. The van der Waals surface area contributed by atoms with Gasteiger partial charge < -0.3 is 19.3 Å². The molecule has 8 heteroatoms. The van der Waals surface area contributed by atoms with Gasteiger partial charge in [-0.05, 0) is 75.2 Å². The van der Waals surface area contributed by atoms with Gasteiger partial charge in [-0.1, -0.05) is 36.4 Å². The number of allylic oxidation sites excluding steroid dienone is 4. The largest absolute Gasteiger partial charge is 0.473 e. The molecular formula is C31H39ClFN3O3. The van der Waals surface area contributed by atoms with Gasteiger partial charge in [-0.2, -0.15) is 0 Å². The molecule has 0 amide bonds. The fourth-order valence-corrected chi connectivity index (χ4v) is 4.77. The van der Waals surface area contributed by atoms with Crippen LogP contribution in [-0.4, -0.2) is 67.5 Å². The number of aromatic nitrogens is 1. The maximum absolute atomic E-state index is 14.1. The molecule has 2 aromatic rings. The van der Waals surface area contributed by atoms with E-state index in [1.807, 2.05) is 38.1 Å². The molecule has 0 atom stereocenters. The number of carbonyl (C=O) groups is 1. The van der Waals surface area contributed by atoms with Gasteiger partial charge in [0.25, 0.3) is 0 Å². The van der Waals surface area contributed by atoms with Gasteiger partial charge in [0.15, 0.2) is 0 Å². The first-order valence-corrected chi connectivity index (χ1v) is 13.7. The van der Waals surface area contributed by atoms with Gasteiger partial charge in [0.1, 0.15) is 18.7 Å². The van der Waals surface area contributed by atoms with E-state index in [9.17, 15) is 9.18 Å². The first-order chi connectivity index (χ1) is 18.8. The number of benzene rings is 1. The maximum Gasteiger partial charge on any atom is 0.213 e. The molecule has 1 aliphatic rings. The zero-order chi connectivity index (χ0) is 28.2. The predicted octanol–water partition coefficient (Wildman–Crippen LogP) is 6.19. The SMILES string of the molecule is C=C/C(C)=C(\C=C(/C)C=O)N(CCOC)CCN1CCC(c2cccc(OCc3ccc(Cl)cc3F)n2)CC1. The standard InChI is InChI=1S/C31H39ClFN3O3/c1-5-24(3)30(19-23(2)21-37)36(17-18-38-4)16-15-35-13-11-25(12-14-35)29-7-6-8-31(34-29)39-22-26-9-10-27(32)20-28(26)33/h5-10,19-21,25H,1,11-18,22H2,2-4H3/b23-19+,30-24+. The molecule has 1 saturated heterocycles. The van der Waals surface area contributed by atoms with E-state index in [1.165, 1.54) is 6.07 Å². The molecule has 0 unspecified atom stereocenters. The molecule has 1 aromatic carbocycles. The summed E-state index contributed by atoms with van der Waals surface area (Å²) in [6, 6.07) is 10.4. The molecule has 0 spiro atoms. The van der Waals surface area contributed by atoms with Crippen LogP contribution in [0.5, 0.6) is 5.88 Å². The van der Waals surface area contributed by atoms with Gasteiger partial charge in [-0.15, -0.1) is 0 Å². The number of likely N-dealkylation sites (tertiary alicyclic amines) is 1. The van der Waals surface area contributed by atoms with Gasteiger partial charge >= 0.3 is 0 Å². The topological polar surface area (TPSA) is 54.9 Å². The van der Waals surface area contributed by atoms with Gasteiger partial charge in [-0.25, -0.2) is 9.37 Å². The summed E-state index contributed by atoms with van der Waals surface area (Å²) in [4.78, 5) is 20.7. The van der Waals surface area contributed by atoms with Crippen LogP contribution in [0.2, 0.25) is 5.02 Å². The number of hydrogen-bond donors (Lipinski definition) is 0. The van der Waals surface area contributed by atoms with Crippen molar-refractivity contribution in [2.45, 2.75) is 39.2 Å². The summed E-state index contributed by atoms with van der Waals surface area (Å²) in [6.07, 6.45) is 6.62. The number of hydrogen-bond acceptors (Lipinski definition) is 6. The van der Waals surface area contributed by atoms with E-state index in [4.69, 9.17) is 26.1 Å². The monoisotopic (exact) mass is 555 g/mol. The highest BCUT2D eigenvalue weighted by Gasteiger charge is 2.23. The molecule has 210 valence electrons. The third-order valence-electron chi connectivity index (χ3n) is 6.99. The third kappa shape index (κ3) is 9.31. The van der Waals surface area contributed by atoms with Crippen molar-refractivity contribution in [1.82, 2.24) is 14.8 Å². The minimum absolute atomic E-state index is 0.0980. The Morgan fingerprint density at radius 1 is 1.23 bits per heavy atom. The minimum Gasteiger partial charge on any atom is -0.473 e. The number of nitrogens with zero attached hydrogens (tertiary/aromatic N) is 3. The second-order valence-electron chi connectivity index (χ2n) is 9.80. The summed E-state index contributed by atoms with van der Waals surface area (Å²) in [5.74, 6) is 0.455. The number of ether oxygens (including phenoxy) is 2. The quantitative estimate of drug-likeness (QED) is 0.157. The van der Waals surface area contributed by atoms with E-state index in [0.717, 1.165) is 68.8 Å². The van der Waals surface area contributed by atoms with Crippen LogP contribution < -0.4 is 4.74 Å². The lowest BCUT2D eigenvalue weighted by atomic mass is 9.93. The number of rotatable bonds is 14. The average Bonchev–Trinajstić information content (AvgIpc) is 2.95. The zero-order valence-electron chi connectivity index (χ0n) is 23.2. The number of pyridine rings is 1. The summed E-state index contributed by atoms with van der Waals surface area (Å²) in [5, 5.41) is 0.360. The second-order valence-corrected chi connectivity index (χ2v) is 10.2. The number of halogens is 2. The number of aldehydes is 1. The van der Waals surface area contributed by atoms with E-state index in [1.54, 1.807) is 25.3 Å². The molecule has 39 heavy (non-hydrogen) atoms. The van der Waals surface area contributed by atoms with Gasteiger partial charge in [0.2, 0.25) is 5.88 Å². The third-order valence-corrected chi connectivity index (χ3v) is 7.23. The molecule has 1 aromatic heterocycles. The number of methoxy groups -OCH3 is 1. The smallest absolute Gasteiger partial charge is 0.213 e. The summed E-state index contributed by atoms with van der Waals surface area (Å²) >= 11 is 5.84. The van der Waals surface area contributed by atoms with E-state index >= 15 is 0 Å². The molecule has 2 heterocycles. The van der Waals surface area contributed by atoms with Crippen molar-refractivity contribution in [3.63, 3.8) is 0 Å². The molecule has 0 N–H and O–H groups in total. The molecule has 6 nitrogen and oxygen atoms in total. The molecule has 0 aliphatic carbocycles. The van der Waals surface area contributed by atoms with Crippen molar-refractivity contribution in [3.05, 3.63) is 94.1 Å². The van der Waals surface area contributed by atoms with E-state index in [0.29, 0.717) is 34.6 Å². The molecule has 1 fully saturated rings. The molecule has 3 rings (SSSR count). The van der Waals surface area contributed by atoms with Crippen molar-refractivity contribution in [3.8, 4) is 5.88 Å². The van der Waals surface area contributed by atoms with E-state index < -0.39 is 0 Å². The van der Waals surface area contributed by atoms with Crippen molar-refractivity contribution < 1.29 is 18.7 Å². The molecular weight excluding hydrogens is 517 g/mol. The van der Waals surface area contributed by atoms with Crippen LogP contribution in [-0.2, 0) is 16.1 Å². The predicted molar refractivity (Wildman–Crippen MR) is 155 cm³/mol. The van der Waals surface area contributed by atoms with Crippen LogP contribution in [0.15, 0.2) is 72.0 Å². The highest BCUT2D eigenvalue weighted by atomic mass is 35.5. The van der Waals surface area contributed by atoms with Crippen LogP contribution in [0.3, 0.4) is 0 Å². The molecule has 1 aliphatic heterocycles. The lowest BCUT2D eigenvalue weighted by Gasteiger charge is -2.34. The Bertz CT molecular complexity index is 1180. The average molecular weight is 556 g/mol. The first kappa shape index (κ1) is 30.5. The Morgan fingerprint density at radius 2 is 2.00 bits per heavy atom. The fraction of sp³-hybridized carbons (Fsp3) is 0.419. The second kappa shape index (κ2) is 15.6. The Morgan fingerprint density at radius 3 is 2.67 bits per heavy atom. The zero-order valence-corrected chi connectivity index (χ0v) is 23.9. The fourth-order valence-electron chi connectivity index (χ4n) is 4.61. The summed E-state index contributed by atoms with van der Waals surface area (Å²) in [6.45, 7) is 12.8. The first-order valence-electron chi connectivity index (χ1n) is 13.3. The highest BCUT2D eigenvalue weighted by molar-refractivity contribution is 6.30.